The molecule has 0 atom stereocenters. The maximum Gasteiger partial charge on any atom is 0.264 e. The number of hydrogen-bond acceptors (Lipinski definition) is 5. The summed E-state index contributed by atoms with van der Waals surface area (Å²) in [4.78, 5) is 10.9. The molecule has 0 aliphatic carbocycles. The number of hydrogen-bond donors (Lipinski definition) is 1. The number of sulfonamides is 1. The van der Waals surface area contributed by atoms with Crippen molar-refractivity contribution in [3.63, 3.8) is 0 Å². The Bertz CT molecular complexity index is 723. The van der Waals surface area contributed by atoms with Gasteiger partial charge in [-0.25, -0.2) is 23.4 Å². The summed E-state index contributed by atoms with van der Waals surface area (Å²) in [5.74, 6) is 0.0334. The Morgan fingerprint density at radius 1 is 1.05 bits per heavy atom. The fourth-order valence-corrected chi connectivity index (χ4v) is 2.59. The fraction of sp³-hybridized carbons (Fsp3) is 0. The maximum absolute atomic E-state index is 12.0. The van der Waals surface area contributed by atoms with Gasteiger partial charge in [-0.2, -0.15) is 0 Å². The highest BCUT2D eigenvalue weighted by Crippen LogP contribution is 2.23. The topological polar surface area (TPSA) is 84.8 Å². The molecule has 2 aromatic rings. The predicted octanol–water partition coefficient (Wildman–Crippen LogP) is 2.63. The second-order valence-corrected chi connectivity index (χ2v) is 6.11. The Hall–Kier alpha value is -1.15. The first kappa shape index (κ1) is 14.3. The zero-order valence-corrected chi connectivity index (χ0v) is 12.1. The van der Waals surface area contributed by atoms with Gasteiger partial charge in [0.25, 0.3) is 10.0 Å². The zero-order chi connectivity index (χ0) is 14.0. The van der Waals surface area contributed by atoms with Crippen molar-refractivity contribution >= 4 is 50.6 Å². The summed E-state index contributed by atoms with van der Waals surface area (Å²) in [5.41, 5.74) is 0. The van der Waals surface area contributed by atoms with E-state index in [-0.39, 0.29) is 26.0 Å². The van der Waals surface area contributed by atoms with E-state index in [1.165, 1.54) is 12.1 Å². The lowest BCUT2D eigenvalue weighted by molar-refractivity contribution is 0.600. The van der Waals surface area contributed by atoms with Crippen LogP contribution in [0, 0.1) is 0 Å². The molecule has 0 aliphatic heterocycles. The van der Waals surface area contributed by atoms with Gasteiger partial charge < -0.3 is 0 Å². The molecule has 0 amide bonds. The summed E-state index contributed by atoms with van der Waals surface area (Å²) in [6, 6.07) is 2.45. The van der Waals surface area contributed by atoms with Crippen molar-refractivity contribution < 1.29 is 8.42 Å². The van der Waals surface area contributed by atoms with Crippen molar-refractivity contribution in [3.8, 4) is 0 Å². The first-order valence-electron chi connectivity index (χ1n) is 4.70. The second kappa shape index (κ2) is 5.46. The molecule has 100 valence electrons. The maximum atomic E-state index is 12.0. The molecule has 0 saturated carbocycles. The Kier molecular flexibility index (Phi) is 4.10. The second-order valence-electron chi connectivity index (χ2n) is 3.28. The molecule has 0 saturated heterocycles. The van der Waals surface area contributed by atoms with E-state index in [1.807, 2.05) is 0 Å². The molecule has 10 heteroatoms. The molecule has 0 fully saturated rings. The molecule has 2 heterocycles. The van der Waals surface area contributed by atoms with Gasteiger partial charge in [-0.1, -0.05) is 34.8 Å². The normalized spacial score (nSPS) is 11.3. The van der Waals surface area contributed by atoms with Crippen molar-refractivity contribution in [3.05, 3.63) is 40.0 Å². The van der Waals surface area contributed by atoms with E-state index in [9.17, 15) is 8.42 Å². The summed E-state index contributed by atoms with van der Waals surface area (Å²) in [6.45, 7) is 0. The van der Waals surface area contributed by atoms with E-state index in [4.69, 9.17) is 34.8 Å². The first-order chi connectivity index (χ1) is 8.88. The van der Waals surface area contributed by atoms with Gasteiger partial charge >= 0.3 is 0 Å². The Balaban J connectivity index is 2.35. The number of halogens is 3. The fourth-order valence-electron chi connectivity index (χ4n) is 1.14. The van der Waals surface area contributed by atoms with Crippen LogP contribution in [0.1, 0.15) is 0 Å². The van der Waals surface area contributed by atoms with Crippen LogP contribution in [-0.4, -0.2) is 23.4 Å². The Morgan fingerprint density at radius 2 is 1.79 bits per heavy atom. The van der Waals surface area contributed by atoms with E-state index in [0.717, 1.165) is 12.5 Å². The van der Waals surface area contributed by atoms with Crippen LogP contribution in [-0.2, 0) is 10.0 Å². The summed E-state index contributed by atoms with van der Waals surface area (Å²) in [5, 5.41) is 0.163. The molecule has 2 rings (SSSR count). The standard InChI is InChI=1S/C9H5Cl3N4O2S/c10-6-1-5(3-13-9(6)12)19(17,18)16-8-2-7(11)14-4-15-8/h1-4H,(H,14,15,16). The van der Waals surface area contributed by atoms with Crippen LogP contribution in [0.2, 0.25) is 15.3 Å². The van der Waals surface area contributed by atoms with Gasteiger partial charge in [0, 0.05) is 12.3 Å². The SMILES string of the molecule is O=S(=O)(Nc1cc(Cl)ncn1)c1cnc(Cl)c(Cl)c1. The summed E-state index contributed by atoms with van der Waals surface area (Å²) in [7, 11) is -3.87. The number of anilines is 1. The van der Waals surface area contributed by atoms with Gasteiger partial charge in [-0.05, 0) is 6.07 Å². The van der Waals surface area contributed by atoms with E-state index in [0.29, 0.717) is 0 Å². The molecule has 0 spiro atoms. The Labute approximate surface area is 123 Å². The first-order valence-corrected chi connectivity index (χ1v) is 7.31. The van der Waals surface area contributed by atoms with Crippen LogP contribution in [0.25, 0.3) is 0 Å². The van der Waals surface area contributed by atoms with Gasteiger partial charge in [-0.15, -0.1) is 0 Å². The number of nitrogens with one attached hydrogen (secondary N) is 1. The zero-order valence-electron chi connectivity index (χ0n) is 9.01. The highest BCUT2D eigenvalue weighted by atomic mass is 35.5. The van der Waals surface area contributed by atoms with Crippen LogP contribution < -0.4 is 4.72 Å². The van der Waals surface area contributed by atoms with Crippen LogP contribution in [0.4, 0.5) is 5.82 Å². The van der Waals surface area contributed by atoms with Crippen LogP contribution in [0.15, 0.2) is 29.6 Å². The minimum absolute atomic E-state index is 0.0192. The van der Waals surface area contributed by atoms with E-state index in [2.05, 4.69) is 19.7 Å². The van der Waals surface area contributed by atoms with Crippen molar-refractivity contribution in [1.29, 1.82) is 0 Å². The molecule has 0 unspecified atom stereocenters. The van der Waals surface area contributed by atoms with Gasteiger partial charge in [0.1, 0.15) is 27.3 Å². The molecule has 19 heavy (non-hydrogen) atoms. The molecule has 0 radical (unpaired) electrons. The molecular formula is C9H5Cl3N4O2S. The summed E-state index contributed by atoms with van der Waals surface area (Å²) >= 11 is 17.0. The number of nitrogens with zero attached hydrogens (tertiary/aromatic N) is 3. The minimum Gasteiger partial charge on any atom is -0.263 e. The third-order valence-corrected chi connectivity index (χ3v) is 4.17. The third kappa shape index (κ3) is 3.44. The number of rotatable bonds is 3. The average Bonchev–Trinajstić information content (AvgIpc) is 2.32. The van der Waals surface area contributed by atoms with Gasteiger partial charge in [0.15, 0.2) is 0 Å². The van der Waals surface area contributed by atoms with Crippen LogP contribution in [0.3, 0.4) is 0 Å². The summed E-state index contributed by atoms with van der Waals surface area (Å²) < 4.78 is 26.3. The smallest absolute Gasteiger partial charge is 0.263 e. The van der Waals surface area contributed by atoms with Gasteiger partial charge in [0.05, 0.1) is 5.02 Å². The van der Waals surface area contributed by atoms with E-state index < -0.39 is 10.0 Å². The quantitative estimate of drug-likeness (QED) is 0.686. The van der Waals surface area contributed by atoms with Gasteiger partial charge in [0.2, 0.25) is 0 Å². The number of pyridine rings is 1. The van der Waals surface area contributed by atoms with E-state index >= 15 is 0 Å². The number of aromatic nitrogens is 3. The molecule has 0 aromatic carbocycles. The van der Waals surface area contributed by atoms with Crippen molar-refractivity contribution in [2.45, 2.75) is 4.90 Å². The molecule has 0 aliphatic rings. The van der Waals surface area contributed by atoms with Crippen molar-refractivity contribution in [2.24, 2.45) is 0 Å². The van der Waals surface area contributed by atoms with Gasteiger partial charge in [-0.3, -0.25) is 4.72 Å². The minimum atomic E-state index is -3.87. The molecule has 0 bridgehead atoms. The molecule has 6 nitrogen and oxygen atoms in total. The van der Waals surface area contributed by atoms with Crippen LogP contribution >= 0.6 is 34.8 Å². The highest BCUT2D eigenvalue weighted by Gasteiger charge is 2.17. The largest absolute Gasteiger partial charge is 0.264 e. The monoisotopic (exact) mass is 338 g/mol. The molecule has 1 N–H and O–H groups in total. The molecular weight excluding hydrogens is 335 g/mol. The lowest BCUT2D eigenvalue weighted by atomic mass is 10.5. The highest BCUT2D eigenvalue weighted by molar-refractivity contribution is 7.92. The third-order valence-electron chi connectivity index (χ3n) is 1.95. The lowest BCUT2D eigenvalue weighted by Crippen LogP contribution is -2.14. The predicted molar refractivity (Wildman–Crippen MR) is 72.1 cm³/mol. The summed E-state index contributed by atoms with van der Waals surface area (Å²) in [6.07, 6.45) is 2.21. The van der Waals surface area contributed by atoms with Crippen LogP contribution in [0.5, 0.6) is 0 Å². The van der Waals surface area contributed by atoms with Crippen molar-refractivity contribution in [1.82, 2.24) is 15.0 Å². The average molecular weight is 340 g/mol. The molecule has 2 aromatic heterocycles. The van der Waals surface area contributed by atoms with Crippen molar-refractivity contribution in [2.75, 3.05) is 4.72 Å². The Morgan fingerprint density at radius 3 is 2.42 bits per heavy atom. The van der Waals surface area contributed by atoms with E-state index in [1.54, 1.807) is 0 Å². The lowest BCUT2D eigenvalue weighted by Gasteiger charge is -2.07.